The summed E-state index contributed by atoms with van der Waals surface area (Å²) in [5.41, 5.74) is 0.574. The number of aromatic nitrogens is 1. The summed E-state index contributed by atoms with van der Waals surface area (Å²) in [4.78, 5) is 16.0. The van der Waals surface area contributed by atoms with Gasteiger partial charge in [-0.1, -0.05) is 29.3 Å². The summed E-state index contributed by atoms with van der Waals surface area (Å²) in [6.07, 6.45) is 3.29. The molecule has 23 heavy (non-hydrogen) atoms. The molecule has 5 nitrogen and oxygen atoms in total. The molecular weight excluding hydrogens is 337 g/mol. The number of carbonyl (C=O) groups excluding carboxylic acids is 1. The Bertz CT molecular complexity index is 690. The molecule has 1 amide bonds. The average molecular weight is 352 g/mol. The first-order chi connectivity index (χ1) is 11.1. The first kappa shape index (κ1) is 17.1. The van der Waals surface area contributed by atoms with Crippen LogP contribution in [0.3, 0.4) is 0 Å². The zero-order valence-corrected chi connectivity index (χ0v) is 13.7. The molecule has 0 radical (unpaired) electrons. The molecule has 0 unspecified atom stereocenters. The van der Waals surface area contributed by atoms with Crippen LogP contribution in [0.15, 0.2) is 49.2 Å². The highest BCUT2D eigenvalue weighted by atomic mass is 35.5. The molecule has 0 aliphatic heterocycles. The summed E-state index contributed by atoms with van der Waals surface area (Å²) in [6.45, 7) is 4.06. The van der Waals surface area contributed by atoms with Gasteiger partial charge in [0.1, 0.15) is 11.6 Å². The van der Waals surface area contributed by atoms with Crippen LogP contribution in [-0.4, -0.2) is 24.0 Å². The molecule has 0 bridgehead atoms. The molecular formula is C16H15Cl2N3O2. The molecule has 0 saturated carbocycles. The molecule has 2 aromatic rings. The molecule has 0 fully saturated rings. The van der Waals surface area contributed by atoms with Gasteiger partial charge in [-0.05, 0) is 30.3 Å². The molecule has 0 aliphatic carbocycles. The number of nitrogens with one attached hydrogen (secondary N) is 2. The number of pyridine rings is 1. The number of anilines is 2. The third-order valence-electron chi connectivity index (χ3n) is 2.73. The highest BCUT2D eigenvalue weighted by molar-refractivity contribution is 6.35. The zero-order valence-electron chi connectivity index (χ0n) is 12.2. The molecule has 2 N–H and O–H groups in total. The fraction of sp³-hybridized carbons (Fsp3) is 0.125. The monoisotopic (exact) mass is 351 g/mol. The predicted molar refractivity (Wildman–Crippen MR) is 93.5 cm³/mol. The summed E-state index contributed by atoms with van der Waals surface area (Å²) in [5, 5.41) is 6.58. The Morgan fingerprint density at radius 3 is 2.78 bits per heavy atom. The Balaban J connectivity index is 1.85. The second kappa shape index (κ2) is 8.41. The van der Waals surface area contributed by atoms with Gasteiger partial charge in [0.05, 0.1) is 16.9 Å². The molecule has 2 rings (SSSR count). The van der Waals surface area contributed by atoms with E-state index in [1.807, 2.05) is 0 Å². The van der Waals surface area contributed by atoms with Crippen LogP contribution >= 0.6 is 23.2 Å². The lowest BCUT2D eigenvalue weighted by Gasteiger charge is -2.09. The molecule has 7 heteroatoms. The van der Waals surface area contributed by atoms with Crippen molar-refractivity contribution in [3.05, 3.63) is 59.2 Å². The van der Waals surface area contributed by atoms with Crippen molar-refractivity contribution < 1.29 is 9.53 Å². The van der Waals surface area contributed by atoms with Crippen molar-refractivity contribution in [3.63, 3.8) is 0 Å². The van der Waals surface area contributed by atoms with Crippen molar-refractivity contribution in [1.29, 1.82) is 0 Å². The van der Waals surface area contributed by atoms with Crippen molar-refractivity contribution in [2.24, 2.45) is 0 Å². The average Bonchev–Trinajstić information content (AvgIpc) is 2.53. The Labute approximate surface area is 144 Å². The third-order valence-corrected chi connectivity index (χ3v) is 3.26. The number of nitrogens with zero attached hydrogens (tertiary/aromatic N) is 1. The van der Waals surface area contributed by atoms with Gasteiger partial charge in [-0.15, -0.1) is 6.58 Å². The second-order valence-corrected chi connectivity index (χ2v) is 5.36. The van der Waals surface area contributed by atoms with Gasteiger partial charge in [-0.25, -0.2) is 4.98 Å². The topological polar surface area (TPSA) is 63.2 Å². The van der Waals surface area contributed by atoms with E-state index in [0.717, 1.165) is 0 Å². The molecule has 1 aromatic heterocycles. The van der Waals surface area contributed by atoms with Crippen molar-refractivity contribution in [3.8, 4) is 5.75 Å². The number of hydrogen-bond acceptors (Lipinski definition) is 4. The number of hydrogen-bond donors (Lipinski definition) is 2. The number of rotatable bonds is 7. The van der Waals surface area contributed by atoms with Gasteiger partial charge >= 0.3 is 0 Å². The maximum absolute atomic E-state index is 11.9. The van der Waals surface area contributed by atoms with Crippen LogP contribution in [0.25, 0.3) is 0 Å². The predicted octanol–water partition coefficient (Wildman–Crippen LogP) is 4.00. The quantitative estimate of drug-likeness (QED) is 0.740. The number of ether oxygens (including phenoxy) is 1. The van der Waals surface area contributed by atoms with E-state index in [-0.39, 0.29) is 12.5 Å². The molecule has 1 heterocycles. The Morgan fingerprint density at radius 1 is 1.30 bits per heavy atom. The van der Waals surface area contributed by atoms with Crippen LogP contribution in [0.2, 0.25) is 10.0 Å². The lowest BCUT2D eigenvalue weighted by molar-refractivity contribution is -0.118. The van der Waals surface area contributed by atoms with Crippen molar-refractivity contribution in [2.45, 2.75) is 0 Å². The minimum Gasteiger partial charge on any atom is -0.482 e. The SMILES string of the molecule is C=CCNc1ccc(NC(=O)COc2ccc(Cl)cc2Cl)cn1. The van der Waals surface area contributed by atoms with E-state index in [2.05, 4.69) is 22.2 Å². The van der Waals surface area contributed by atoms with Gasteiger partial charge in [0, 0.05) is 11.6 Å². The van der Waals surface area contributed by atoms with Gasteiger partial charge in [0.15, 0.2) is 6.61 Å². The largest absolute Gasteiger partial charge is 0.482 e. The van der Waals surface area contributed by atoms with E-state index < -0.39 is 0 Å². The Kier molecular flexibility index (Phi) is 6.26. The maximum atomic E-state index is 11.9. The van der Waals surface area contributed by atoms with Crippen LogP contribution in [-0.2, 0) is 4.79 Å². The number of carbonyl (C=O) groups is 1. The van der Waals surface area contributed by atoms with Crippen LogP contribution in [0.1, 0.15) is 0 Å². The summed E-state index contributed by atoms with van der Waals surface area (Å²) in [6, 6.07) is 8.30. The van der Waals surface area contributed by atoms with Crippen LogP contribution < -0.4 is 15.4 Å². The van der Waals surface area contributed by atoms with Gasteiger partial charge in [-0.3, -0.25) is 4.79 Å². The minimum atomic E-state index is -0.315. The normalized spacial score (nSPS) is 10.0. The molecule has 120 valence electrons. The molecule has 0 spiro atoms. The van der Waals surface area contributed by atoms with Crippen molar-refractivity contribution >= 4 is 40.6 Å². The summed E-state index contributed by atoms with van der Waals surface area (Å²) >= 11 is 11.8. The maximum Gasteiger partial charge on any atom is 0.262 e. The van der Waals surface area contributed by atoms with Gasteiger partial charge in [0.25, 0.3) is 5.91 Å². The highest BCUT2D eigenvalue weighted by Crippen LogP contribution is 2.27. The van der Waals surface area contributed by atoms with E-state index in [0.29, 0.717) is 33.8 Å². The lowest BCUT2D eigenvalue weighted by Crippen LogP contribution is -2.20. The first-order valence-electron chi connectivity index (χ1n) is 6.77. The summed E-state index contributed by atoms with van der Waals surface area (Å²) < 4.78 is 5.36. The second-order valence-electron chi connectivity index (χ2n) is 4.51. The summed E-state index contributed by atoms with van der Waals surface area (Å²) in [7, 11) is 0. The van der Waals surface area contributed by atoms with E-state index in [9.17, 15) is 4.79 Å². The smallest absolute Gasteiger partial charge is 0.262 e. The van der Waals surface area contributed by atoms with E-state index in [1.165, 1.54) is 0 Å². The lowest BCUT2D eigenvalue weighted by atomic mass is 10.3. The molecule has 0 aliphatic rings. The van der Waals surface area contributed by atoms with Crippen LogP contribution in [0.4, 0.5) is 11.5 Å². The van der Waals surface area contributed by atoms with E-state index in [4.69, 9.17) is 27.9 Å². The minimum absolute atomic E-state index is 0.169. The van der Waals surface area contributed by atoms with Crippen LogP contribution in [0, 0.1) is 0 Å². The highest BCUT2D eigenvalue weighted by Gasteiger charge is 2.07. The van der Waals surface area contributed by atoms with Gasteiger partial charge in [-0.2, -0.15) is 0 Å². The molecule has 1 aromatic carbocycles. The van der Waals surface area contributed by atoms with E-state index in [1.54, 1.807) is 42.6 Å². The number of benzene rings is 1. The van der Waals surface area contributed by atoms with E-state index >= 15 is 0 Å². The fourth-order valence-corrected chi connectivity index (χ4v) is 2.14. The third kappa shape index (κ3) is 5.47. The molecule has 0 saturated heterocycles. The van der Waals surface area contributed by atoms with Gasteiger partial charge in [0.2, 0.25) is 0 Å². The Morgan fingerprint density at radius 2 is 2.13 bits per heavy atom. The first-order valence-corrected chi connectivity index (χ1v) is 7.52. The van der Waals surface area contributed by atoms with Crippen molar-refractivity contribution in [2.75, 3.05) is 23.8 Å². The van der Waals surface area contributed by atoms with Crippen LogP contribution in [0.5, 0.6) is 5.75 Å². The molecule has 0 atom stereocenters. The Hall–Kier alpha value is -2.24. The van der Waals surface area contributed by atoms with Gasteiger partial charge < -0.3 is 15.4 Å². The number of amides is 1. The number of halogens is 2. The van der Waals surface area contributed by atoms with Crippen molar-refractivity contribution in [1.82, 2.24) is 4.98 Å². The fourth-order valence-electron chi connectivity index (χ4n) is 1.68. The standard InChI is InChI=1S/C16H15Cl2N3O2/c1-2-7-19-15-6-4-12(9-20-15)21-16(22)10-23-14-5-3-11(17)8-13(14)18/h2-6,8-9H,1,7,10H2,(H,19,20)(H,21,22). The summed E-state index contributed by atoms with van der Waals surface area (Å²) in [5.74, 6) is 0.782. The zero-order chi connectivity index (χ0) is 16.7.